The van der Waals surface area contributed by atoms with Crippen LogP contribution in [-0.2, 0) is 4.74 Å². The highest BCUT2D eigenvalue weighted by atomic mass is 16.5. The second-order valence-electron chi connectivity index (χ2n) is 7.30. The van der Waals surface area contributed by atoms with Gasteiger partial charge >= 0.3 is 0 Å². The Kier molecular flexibility index (Phi) is 4.26. The molecule has 0 aliphatic carbocycles. The summed E-state index contributed by atoms with van der Waals surface area (Å²) < 4.78 is 16.8. The highest BCUT2D eigenvalue weighted by molar-refractivity contribution is 6.07. The van der Waals surface area contributed by atoms with E-state index in [0.717, 1.165) is 17.1 Å². The summed E-state index contributed by atoms with van der Waals surface area (Å²) in [5, 5.41) is 4.68. The lowest BCUT2D eigenvalue weighted by atomic mass is 10.0. The van der Waals surface area contributed by atoms with Gasteiger partial charge in [-0.05, 0) is 46.8 Å². The predicted molar refractivity (Wildman–Crippen MR) is 99.6 cm³/mol. The van der Waals surface area contributed by atoms with E-state index >= 15 is 0 Å². The third-order valence-corrected chi connectivity index (χ3v) is 4.87. The SMILES string of the molecule is Cc1cc(-c2cc(C(=O)N3C[C@H](C)O[C@@H](C)C3)c3c(C)noc3n2)c(C)o1. The van der Waals surface area contributed by atoms with Crippen molar-refractivity contribution in [1.82, 2.24) is 15.0 Å². The molecule has 1 amide bonds. The summed E-state index contributed by atoms with van der Waals surface area (Å²) >= 11 is 0. The first-order valence-electron chi connectivity index (χ1n) is 9.12. The van der Waals surface area contributed by atoms with Gasteiger partial charge in [-0.15, -0.1) is 0 Å². The first kappa shape index (κ1) is 17.7. The van der Waals surface area contributed by atoms with E-state index in [1.165, 1.54) is 0 Å². The number of rotatable bonds is 2. The Balaban J connectivity index is 1.84. The van der Waals surface area contributed by atoms with Crippen molar-refractivity contribution in [2.24, 2.45) is 0 Å². The summed E-state index contributed by atoms with van der Waals surface area (Å²) in [6, 6.07) is 3.73. The molecule has 0 unspecified atom stereocenters. The van der Waals surface area contributed by atoms with E-state index < -0.39 is 0 Å². The van der Waals surface area contributed by atoms with Crippen molar-refractivity contribution in [2.45, 2.75) is 46.8 Å². The minimum absolute atomic E-state index is 0.00293. The zero-order valence-electron chi connectivity index (χ0n) is 16.2. The largest absolute Gasteiger partial charge is 0.466 e. The normalized spacial score (nSPS) is 20.4. The molecule has 0 bridgehead atoms. The number of carbonyl (C=O) groups excluding carboxylic acids is 1. The molecule has 3 aromatic rings. The number of pyridine rings is 1. The number of fused-ring (bicyclic) bond motifs is 1. The topological polar surface area (TPSA) is 81.6 Å². The highest BCUT2D eigenvalue weighted by Gasteiger charge is 2.29. The maximum absolute atomic E-state index is 13.4. The number of ether oxygens (including phenoxy) is 1. The lowest BCUT2D eigenvalue weighted by molar-refractivity contribution is -0.0585. The third-order valence-electron chi connectivity index (χ3n) is 4.87. The summed E-state index contributed by atoms with van der Waals surface area (Å²) in [6.45, 7) is 10.6. The van der Waals surface area contributed by atoms with Gasteiger partial charge < -0.3 is 18.6 Å². The fraction of sp³-hybridized carbons (Fsp3) is 0.450. The quantitative estimate of drug-likeness (QED) is 0.686. The van der Waals surface area contributed by atoms with Crippen molar-refractivity contribution in [2.75, 3.05) is 13.1 Å². The van der Waals surface area contributed by atoms with Crippen molar-refractivity contribution < 1.29 is 18.5 Å². The van der Waals surface area contributed by atoms with Gasteiger partial charge in [-0.3, -0.25) is 4.79 Å². The van der Waals surface area contributed by atoms with Gasteiger partial charge in [0.15, 0.2) is 0 Å². The van der Waals surface area contributed by atoms with Crippen LogP contribution in [0.2, 0.25) is 0 Å². The summed E-state index contributed by atoms with van der Waals surface area (Å²) in [5.41, 5.74) is 3.06. The van der Waals surface area contributed by atoms with Gasteiger partial charge in [0.25, 0.3) is 11.6 Å². The van der Waals surface area contributed by atoms with Crippen molar-refractivity contribution in [3.8, 4) is 11.3 Å². The number of carbonyl (C=O) groups is 1. The Morgan fingerprint density at radius 1 is 1.15 bits per heavy atom. The lowest BCUT2D eigenvalue weighted by Crippen LogP contribution is -2.48. The van der Waals surface area contributed by atoms with E-state index in [1.54, 1.807) is 0 Å². The molecule has 0 N–H and O–H groups in total. The van der Waals surface area contributed by atoms with Crippen LogP contribution in [0.5, 0.6) is 0 Å². The van der Waals surface area contributed by atoms with E-state index in [-0.39, 0.29) is 18.1 Å². The molecule has 27 heavy (non-hydrogen) atoms. The molecule has 3 aromatic heterocycles. The first-order valence-corrected chi connectivity index (χ1v) is 9.12. The van der Waals surface area contributed by atoms with E-state index in [9.17, 15) is 4.79 Å². The Labute approximate surface area is 157 Å². The molecular weight excluding hydrogens is 346 g/mol. The third kappa shape index (κ3) is 3.12. The van der Waals surface area contributed by atoms with Gasteiger partial charge in [0, 0.05) is 18.7 Å². The van der Waals surface area contributed by atoms with Crippen LogP contribution < -0.4 is 0 Å². The van der Waals surface area contributed by atoms with Crippen molar-refractivity contribution in [1.29, 1.82) is 0 Å². The minimum Gasteiger partial charge on any atom is -0.466 e. The molecule has 4 rings (SSSR count). The lowest BCUT2D eigenvalue weighted by Gasteiger charge is -2.35. The van der Waals surface area contributed by atoms with Crippen molar-refractivity contribution >= 4 is 17.0 Å². The molecule has 2 atom stereocenters. The molecule has 7 nitrogen and oxygen atoms in total. The Hall–Kier alpha value is -2.67. The van der Waals surface area contributed by atoms with Crippen LogP contribution in [0.4, 0.5) is 0 Å². The second-order valence-corrected chi connectivity index (χ2v) is 7.30. The van der Waals surface area contributed by atoms with Gasteiger partial charge in [0.05, 0.1) is 34.5 Å². The summed E-state index contributed by atoms with van der Waals surface area (Å²) in [5.74, 6) is 1.49. The maximum atomic E-state index is 13.4. The molecule has 142 valence electrons. The van der Waals surface area contributed by atoms with Gasteiger partial charge in [-0.25, -0.2) is 4.98 Å². The van der Waals surface area contributed by atoms with Gasteiger partial charge in [-0.2, -0.15) is 0 Å². The van der Waals surface area contributed by atoms with Gasteiger partial charge in [-0.1, -0.05) is 5.16 Å². The van der Waals surface area contributed by atoms with Crippen LogP contribution >= 0.6 is 0 Å². The molecule has 4 heterocycles. The Morgan fingerprint density at radius 3 is 2.48 bits per heavy atom. The number of hydrogen-bond donors (Lipinski definition) is 0. The Morgan fingerprint density at radius 2 is 1.85 bits per heavy atom. The smallest absolute Gasteiger partial charge is 0.259 e. The van der Waals surface area contributed by atoms with Crippen LogP contribution in [0.3, 0.4) is 0 Å². The number of aromatic nitrogens is 2. The zero-order chi connectivity index (χ0) is 19.3. The molecule has 1 saturated heterocycles. The first-order chi connectivity index (χ1) is 12.8. The molecule has 0 aromatic carbocycles. The maximum Gasteiger partial charge on any atom is 0.259 e. The number of hydrogen-bond acceptors (Lipinski definition) is 6. The predicted octanol–water partition coefficient (Wildman–Crippen LogP) is 3.66. The Bertz CT molecular complexity index is 1010. The molecule has 1 aliphatic rings. The zero-order valence-corrected chi connectivity index (χ0v) is 16.2. The van der Waals surface area contributed by atoms with Crippen molar-refractivity contribution in [3.05, 3.63) is 34.9 Å². The minimum atomic E-state index is -0.0604. The molecule has 0 spiro atoms. The number of aryl methyl sites for hydroxylation is 3. The average Bonchev–Trinajstić information content (AvgIpc) is 3.14. The monoisotopic (exact) mass is 369 g/mol. The average molecular weight is 369 g/mol. The van der Waals surface area contributed by atoms with Crippen LogP contribution in [0, 0.1) is 20.8 Å². The fourth-order valence-electron chi connectivity index (χ4n) is 3.80. The molecule has 1 aliphatic heterocycles. The van der Waals surface area contributed by atoms with E-state index in [1.807, 2.05) is 51.7 Å². The fourth-order valence-corrected chi connectivity index (χ4v) is 3.80. The van der Waals surface area contributed by atoms with Crippen LogP contribution in [0.15, 0.2) is 21.1 Å². The second kappa shape index (κ2) is 6.49. The summed E-state index contributed by atoms with van der Waals surface area (Å²) in [6.07, 6.45) is -0.00586. The highest BCUT2D eigenvalue weighted by Crippen LogP contribution is 2.31. The van der Waals surface area contributed by atoms with Crippen LogP contribution in [-0.4, -0.2) is 46.2 Å². The van der Waals surface area contributed by atoms with Crippen molar-refractivity contribution in [3.63, 3.8) is 0 Å². The van der Waals surface area contributed by atoms with Crippen LogP contribution in [0.1, 0.15) is 41.4 Å². The van der Waals surface area contributed by atoms with E-state index in [4.69, 9.17) is 13.7 Å². The molecule has 0 radical (unpaired) electrons. The summed E-state index contributed by atoms with van der Waals surface area (Å²) in [4.78, 5) is 19.8. The standard InChI is InChI=1S/C20H23N3O4/c1-10-6-15(14(5)26-10)17-7-16(18-13(4)22-27-19(18)21-17)20(24)23-8-11(2)25-12(3)9-23/h6-7,11-12H,8-9H2,1-5H3/t11-,12-/m0/s1. The number of amides is 1. The number of nitrogens with zero attached hydrogens (tertiary/aromatic N) is 3. The molecular formula is C20H23N3O4. The number of furan rings is 1. The van der Waals surface area contributed by atoms with Crippen LogP contribution in [0.25, 0.3) is 22.4 Å². The van der Waals surface area contributed by atoms with Gasteiger partial charge in [0.2, 0.25) is 0 Å². The summed E-state index contributed by atoms with van der Waals surface area (Å²) in [7, 11) is 0. The molecule has 1 fully saturated rings. The van der Waals surface area contributed by atoms with Gasteiger partial charge in [0.1, 0.15) is 11.5 Å². The molecule has 7 heteroatoms. The molecule has 0 saturated carbocycles. The van der Waals surface area contributed by atoms with E-state index in [2.05, 4.69) is 10.1 Å². The van der Waals surface area contributed by atoms with E-state index in [0.29, 0.717) is 41.1 Å². The number of morpholine rings is 1.